The van der Waals surface area contributed by atoms with Gasteiger partial charge in [-0.25, -0.2) is 8.78 Å². The Hall–Kier alpha value is -2.56. The lowest BCUT2D eigenvalue weighted by Crippen LogP contribution is -2.42. The predicted octanol–water partition coefficient (Wildman–Crippen LogP) is 5.04. The van der Waals surface area contributed by atoms with Crippen LogP contribution in [0.1, 0.15) is 35.1 Å². The molecule has 1 fully saturated rings. The summed E-state index contributed by atoms with van der Waals surface area (Å²) < 4.78 is 27.7. The number of piperidine rings is 1. The molecule has 0 spiro atoms. The third kappa shape index (κ3) is 4.55. The van der Waals surface area contributed by atoms with E-state index >= 15 is 0 Å². The second kappa shape index (κ2) is 8.44. The van der Waals surface area contributed by atoms with E-state index in [0.717, 1.165) is 42.9 Å². The lowest BCUT2D eigenvalue weighted by molar-refractivity contribution is -0.0283. The molecule has 3 aromatic rings. The molecule has 0 saturated carbocycles. The lowest BCUT2D eigenvalue weighted by Gasteiger charge is -2.39. The van der Waals surface area contributed by atoms with E-state index in [1.165, 1.54) is 11.6 Å². The molecule has 2 nitrogen and oxygen atoms in total. The molecule has 4 rings (SSSR count). The molecule has 1 aliphatic heterocycles. The van der Waals surface area contributed by atoms with Gasteiger partial charge < -0.3 is 5.11 Å². The van der Waals surface area contributed by atoms with Gasteiger partial charge in [0.15, 0.2) is 0 Å². The summed E-state index contributed by atoms with van der Waals surface area (Å²) in [6.45, 7) is 2.44. The van der Waals surface area contributed by atoms with Crippen LogP contribution in [0.5, 0.6) is 0 Å². The molecule has 0 radical (unpaired) electrons. The molecule has 0 aliphatic carbocycles. The molecule has 0 unspecified atom stereocenters. The Morgan fingerprint density at radius 2 is 1.52 bits per heavy atom. The second-order valence-corrected chi connectivity index (χ2v) is 7.86. The minimum Gasteiger partial charge on any atom is -0.385 e. The third-order valence-electron chi connectivity index (χ3n) is 5.84. The van der Waals surface area contributed by atoms with Crippen LogP contribution in [0, 0.1) is 11.6 Å². The Bertz CT molecular complexity index is 966. The fourth-order valence-electron chi connectivity index (χ4n) is 4.20. The molecule has 1 heterocycles. The first kappa shape index (κ1) is 19.7. The maximum atomic E-state index is 14.1. The SMILES string of the molecule is OC1(c2ccccc2Cc2cc(F)ccc2F)CCN(Cc2ccccc2)CC1. The number of benzene rings is 3. The van der Waals surface area contributed by atoms with Crippen LogP contribution in [0.15, 0.2) is 72.8 Å². The van der Waals surface area contributed by atoms with Gasteiger partial charge in [0, 0.05) is 26.1 Å². The first-order chi connectivity index (χ1) is 14.0. The Morgan fingerprint density at radius 3 is 2.28 bits per heavy atom. The maximum absolute atomic E-state index is 14.1. The van der Waals surface area contributed by atoms with E-state index in [9.17, 15) is 13.9 Å². The summed E-state index contributed by atoms with van der Waals surface area (Å²) in [5.74, 6) is -0.877. The normalized spacial score (nSPS) is 16.7. The molecule has 1 N–H and O–H groups in total. The van der Waals surface area contributed by atoms with E-state index in [1.54, 1.807) is 0 Å². The number of halogens is 2. The zero-order valence-electron chi connectivity index (χ0n) is 16.3. The molecule has 0 amide bonds. The summed E-state index contributed by atoms with van der Waals surface area (Å²) in [4.78, 5) is 2.35. The van der Waals surface area contributed by atoms with Crippen LogP contribution >= 0.6 is 0 Å². The zero-order valence-corrected chi connectivity index (χ0v) is 16.3. The van der Waals surface area contributed by atoms with Gasteiger partial charge >= 0.3 is 0 Å². The third-order valence-corrected chi connectivity index (χ3v) is 5.84. The van der Waals surface area contributed by atoms with E-state index in [-0.39, 0.29) is 6.42 Å². The lowest BCUT2D eigenvalue weighted by atomic mass is 9.80. The van der Waals surface area contributed by atoms with Gasteiger partial charge in [-0.05, 0) is 53.3 Å². The summed E-state index contributed by atoms with van der Waals surface area (Å²) in [6, 6.07) is 21.4. The molecule has 4 heteroatoms. The Labute approximate surface area is 170 Å². The molecule has 3 aromatic carbocycles. The number of rotatable bonds is 5. The van der Waals surface area contributed by atoms with Crippen LogP contribution in [0.2, 0.25) is 0 Å². The molecule has 1 aliphatic rings. The number of likely N-dealkylation sites (tertiary alicyclic amines) is 1. The van der Waals surface area contributed by atoms with Crippen LogP contribution in [0.25, 0.3) is 0 Å². The average Bonchev–Trinajstić information content (AvgIpc) is 2.74. The van der Waals surface area contributed by atoms with Crippen molar-refractivity contribution in [2.24, 2.45) is 0 Å². The van der Waals surface area contributed by atoms with Gasteiger partial charge in [0.2, 0.25) is 0 Å². The minimum atomic E-state index is -0.951. The fraction of sp³-hybridized carbons (Fsp3) is 0.280. The highest BCUT2D eigenvalue weighted by Crippen LogP contribution is 2.36. The van der Waals surface area contributed by atoms with Crippen molar-refractivity contribution in [3.63, 3.8) is 0 Å². The number of hydrogen-bond donors (Lipinski definition) is 1. The smallest absolute Gasteiger partial charge is 0.126 e. The molecular weight excluding hydrogens is 368 g/mol. The maximum Gasteiger partial charge on any atom is 0.126 e. The van der Waals surface area contributed by atoms with Crippen molar-refractivity contribution in [3.05, 3.63) is 107 Å². The molecule has 0 atom stereocenters. The van der Waals surface area contributed by atoms with Crippen molar-refractivity contribution >= 4 is 0 Å². The van der Waals surface area contributed by atoms with Crippen molar-refractivity contribution in [1.29, 1.82) is 0 Å². The van der Waals surface area contributed by atoms with Crippen molar-refractivity contribution < 1.29 is 13.9 Å². The van der Waals surface area contributed by atoms with Crippen LogP contribution in [-0.2, 0) is 18.6 Å². The largest absolute Gasteiger partial charge is 0.385 e. The second-order valence-electron chi connectivity index (χ2n) is 7.86. The first-order valence-electron chi connectivity index (χ1n) is 10.0. The summed E-state index contributed by atoms with van der Waals surface area (Å²) in [7, 11) is 0. The summed E-state index contributed by atoms with van der Waals surface area (Å²) in [6.07, 6.45) is 1.49. The van der Waals surface area contributed by atoms with Gasteiger partial charge in [0.25, 0.3) is 0 Å². The van der Waals surface area contributed by atoms with Crippen LogP contribution in [-0.4, -0.2) is 23.1 Å². The molecule has 0 aromatic heterocycles. The molecule has 29 heavy (non-hydrogen) atoms. The highest BCUT2D eigenvalue weighted by Gasteiger charge is 2.35. The van der Waals surface area contributed by atoms with E-state index in [4.69, 9.17) is 0 Å². The van der Waals surface area contributed by atoms with E-state index in [1.807, 2.05) is 42.5 Å². The van der Waals surface area contributed by atoms with Crippen molar-refractivity contribution in [2.75, 3.05) is 13.1 Å². The molecule has 1 saturated heterocycles. The first-order valence-corrected chi connectivity index (χ1v) is 10.0. The fourth-order valence-corrected chi connectivity index (χ4v) is 4.20. The van der Waals surface area contributed by atoms with Gasteiger partial charge in [-0.15, -0.1) is 0 Å². The van der Waals surface area contributed by atoms with Crippen LogP contribution in [0.3, 0.4) is 0 Å². The van der Waals surface area contributed by atoms with Gasteiger partial charge in [-0.2, -0.15) is 0 Å². The summed E-state index contributed by atoms with van der Waals surface area (Å²) in [5.41, 5.74) is 2.29. The standard InChI is InChI=1S/C25H25F2NO/c26-22-10-11-24(27)21(17-22)16-20-8-4-5-9-23(20)25(29)12-14-28(15-13-25)18-19-6-2-1-3-7-19/h1-11,17,29H,12-16,18H2. The van der Waals surface area contributed by atoms with Crippen LogP contribution in [0.4, 0.5) is 8.78 Å². The van der Waals surface area contributed by atoms with Crippen molar-refractivity contribution in [3.8, 4) is 0 Å². The summed E-state index contributed by atoms with van der Waals surface area (Å²) in [5, 5.41) is 11.4. The number of aliphatic hydroxyl groups is 1. The van der Waals surface area contributed by atoms with Gasteiger partial charge in [0.05, 0.1) is 5.60 Å². The average molecular weight is 393 g/mol. The minimum absolute atomic E-state index is 0.260. The Kier molecular flexibility index (Phi) is 5.74. The zero-order chi connectivity index (χ0) is 20.3. The predicted molar refractivity (Wildman–Crippen MR) is 110 cm³/mol. The highest BCUT2D eigenvalue weighted by atomic mass is 19.1. The number of hydrogen-bond acceptors (Lipinski definition) is 2. The van der Waals surface area contributed by atoms with Gasteiger partial charge in [-0.1, -0.05) is 54.6 Å². The van der Waals surface area contributed by atoms with E-state index < -0.39 is 17.2 Å². The molecular formula is C25H25F2NO. The van der Waals surface area contributed by atoms with Crippen molar-refractivity contribution in [1.82, 2.24) is 4.90 Å². The molecule has 0 bridgehead atoms. The van der Waals surface area contributed by atoms with Crippen molar-refractivity contribution in [2.45, 2.75) is 31.4 Å². The Balaban J connectivity index is 1.51. The number of nitrogens with zero attached hydrogens (tertiary/aromatic N) is 1. The van der Waals surface area contributed by atoms with E-state index in [0.29, 0.717) is 18.4 Å². The quantitative estimate of drug-likeness (QED) is 0.657. The van der Waals surface area contributed by atoms with E-state index in [2.05, 4.69) is 17.0 Å². The topological polar surface area (TPSA) is 23.5 Å². The Morgan fingerprint density at radius 1 is 0.828 bits per heavy atom. The van der Waals surface area contributed by atoms with Crippen LogP contribution < -0.4 is 0 Å². The molecule has 150 valence electrons. The summed E-state index contributed by atoms with van der Waals surface area (Å²) >= 11 is 0. The van der Waals surface area contributed by atoms with Gasteiger partial charge in [0.1, 0.15) is 11.6 Å². The monoisotopic (exact) mass is 393 g/mol. The highest BCUT2D eigenvalue weighted by molar-refractivity contribution is 5.37. The van der Waals surface area contributed by atoms with Gasteiger partial charge in [-0.3, -0.25) is 4.90 Å².